The molecule has 0 radical (unpaired) electrons. The monoisotopic (exact) mass is 291 g/mol. The average Bonchev–Trinajstić information content (AvgIpc) is 2.81. The third kappa shape index (κ3) is 3.41. The minimum absolute atomic E-state index is 0.0814. The molecule has 0 atom stereocenters. The Kier molecular flexibility index (Phi) is 4.27. The van der Waals surface area contributed by atoms with Gasteiger partial charge in [-0.1, -0.05) is 0 Å². The van der Waals surface area contributed by atoms with Crippen LogP contribution in [0, 0.1) is 10.1 Å². The normalized spacial score (nSPS) is 10.5. The molecule has 0 aliphatic carbocycles. The van der Waals surface area contributed by atoms with Crippen molar-refractivity contribution in [1.82, 2.24) is 9.78 Å². The number of nitro benzene ring substituents is 1. The summed E-state index contributed by atoms with van der Waals surface area (Å²) in [6, 6.07) is 4.28. The van der Waals surface area contributed by atoms with Gasteiger partial charge in [-0.2, -0.15) is 5.10 Å². The lowest BCUT2D eigenvalue weighted by molar-refractivity contribution is -0.384. The fraction of sp³-hybridized carbons (Fsp3) is 0.308. The molecule has 0 N–H and O–H groups in total. The van der Waals surface area contributed by atoms with Gasteiger partial charge in [0, 0.05) is 17.5 Å². The van der Waals surface area contributed by atoms with Gasteiger partial charge in [-0.15, -0.1) is 0 Å². The van der Waals surface area contributed by atoms with E-state index in [0.717, 1.165) is 0 Å². The van der Waals surface area contributed by atoms with E-state index in [1.165, 1.54) is 23.0 Å². The maximum Gasteiger partial charge on any atom is 0.313 e. The number of non-ortho nitro benzene ring substituents is 1. The Morgan fingerprint density at radius 2 is 2.19 bits per heavy atom. The lowest BCUT2D eigenvalue weighted by Crippen LogP contribution is -2.17. The minimum Gasteiger partial charge on any atom is -0.466 e. The number of nitrogens with zero attached hydrogens (tertiary/aromatic N) is 3. The molecule has 8 heteroatoms. The van der Waals surface area contributed by atoms with Crippen LogP contribution in [0.1, 0.15) is 13.3 Å². The van der Waals surface area contributed by atoms with E-state index in [9.17, 15) is 19.7 Å². The standard InChI is InChI=1S/C13H13N3O5/c1-2-21-13(18)6-11(17)8-15-12-5-10(16(19)20)4-3-9(12)7-14-15/h3-5,7H,2,6,8H2,1H3. The number of esters is 1. The molecule has 0 spiro atoms. The number of carbonyl (C=O) groups is 2. The number of ketones is 1. The van der Waals surface area contributed by atoms with Crippen LogP contribution in [0.25, 0.3) is 10.9 Å². The number of benzene rings is 1. The van der Waals surface area contributed by atoms with Crippen molar-refractivity contribution in [2.75, 3.05) is 6.61 Å². The predicted molar refractivity (Wildman–Crippen MR) is 72.6 cm³/mol. The van der Waals surface area contributed by atoms with Crippen LogP contribution < -0.4 is 0 Å². The lowest BCUT2D eigenvalue weighted by atomic mass is 10.2. The topological polar surface area (TPSA) is 104 Å². The molecule has 8 nitrogen and oxygen atoms in total. The van der Waals surface area contributed by atoms with E-state index in [-0.39, 0.29) is 31.0 Å². The number of aromatic nitrogens is 2. The molecule has 1 aromatic carbocycles. The third-order valence-electron chi connectivity index (χ3n) is 2.81. The maximum atomic E-state index is 11.8. The molecule has 0 amide bonds. The Hall–Kier alpha value is -2.77. The number of Topliss-reactive ketones (excluding diaryl/α,β-unsaturated/α-hetero) is 1. The summed E-state index contributed by atoms with van der Waals surface area (Å²) in [5, 5.41) is 15.5. The summed E-state index contributed by atoms with van der Waals surface area (Å²) >= 11 is 0. The van der Waals surface area contributed by atoms with Crippen LogP contribution in [0.2, 0.25) is 0 Å². The van der Waals surface area contributed by atoms with Gasteiger partial charge in [0.15, 0.2) is 5.78 Å². The molecule has 1 heterocycles. The van der Waals surface area contributed by atoms with Crippen molar-refractivity contribution >= 4 is 28.3 Å². The summed E-state index contributed by atoms with van der Waals surface area (Å²) in [6.45, 7) is 1.73. The van der Waals surface area contributed by atoms with E-state index >= 15 is 0 Å². The van der Waals surface area contributed by atoms with E-state index in [4.69, 9.17) is 4.74 Å². The fourth-order valence-corrected chi connectivity index (χ4v) is 1.89. The fourth-order valence-electron chi connectivity index (χ4n) is 1.89. The van der Waals surface area contributed by atoms with Gasteiger partial charge < -0.3 is 4.74 Å². The second-order valence-corrected chi connectivity index (χ2v) is 4.32. The van der Waals surface area contributed by atoms with Crippen LogP contribution in [0.15, 0.2) is 24.4 Å². The smallest absolute Gasteiger partial charge is 0.313 e. The van der Waals surface area contributed by atoms with Crippen LogP contribution in [-0.4, -0.2) is 33.1 Å². The molecular weight excluding hydrogens is 278 g/mol. The van der Waals surface area contributed by atoms with E-state index in [2.05, 4.69) is 5.10 Å². The predicted octanol–water partition coefficient (Wildman–Crippen LogP) is 1.47. The van der Waals surface area contributed by atoms with Gasteiger partial charge in [0.1, 0.15) is 13.0 Å². The van der Waals surface area contributed by atoms with Crippen molar-refractivity contribution in [3.05, 3.63) is 34.5 Å². The first-order valence-electron chi connectivity index (χ1n) is 6.28. The van der Waals surface area contributed by atoms with Crippen molar-refractivity contribution in [3.8, 4) is 0 Å². The second-order valence-electron chi connectivity index (χ2n) is 4.32. The van der Waals surface area contributed by atoms with Gasteiger partial charge in [-0.25, -0.2) is 0 Å². The minimum atomic E-state index is -0.593. The highest BCUT2D eigenvalue weighted by Gasteiger charge is 2.15. The SMILES string of the molecule is CCOC(=O)CC(=O)Cn1ncc2ccc([N+](=O)[O-])cc21. The van der Waals surface area contributed by atoms with Crippen molar-refractivity contribution in [3.63, 3.8) is 0 Å². The van der Waals surface area contributed by atoms with Crippen LogP contribution >= 0.6 is 0 Å². The highest BCUT2D eigenvalue weighted by atomic mass is 16.6. The number of fused-ring (bicyclic) bond motifs is 1. The Morgan fingerprint density at radius 1 is 1.43 bits per heavy atom. The van der Waals surface area contributed by atoms with Crippen LogP contribution in [-0.2, 0) is 20.9 Å². The Morgan fingerprint density at radius 3 is 2.86 bits per heavy atom. The van der Waals surface area contributed by atoms with Gasteiger partial charge in [0.05, 0.1) is 23.2 Å². The Bertz CT molecular complexity index is 707. The van der Waals surface area contributed by atoms with Crippen molar-refractivity contribution in [2.24, 2.45) is 0 Å². The zero-order chi connectivity index (χ0) is 15.4. The highest BCUT2D eigenvalue weighted by Crippen LogP contribution is 2.20. The summed E-state index contributed by atoms with van der Waals surface area (Å²) in [6.07, 6.45) is 1.17. The average molecular weight is 291 g/mol. The maximum absolute atomic E-state index is 11.8. The van der Waals surface area contributed by atoms with Gasteiger partial charge in [0.2, 0.25) is 0 Å². The molecule has 0 aliphatic heterocycles. The molecule has 0 bridgehead atoms. The lowest BCUT2D eigenvalue weighted by Gasteiger charge is -2.03. The number of nitro groups is 1. The van der Waals surface area contributed by atoms with Crippen molar-refractivity contribution in [1.29, 1.82) is 0 Å². The summed E-state index contributed by atoms with van der Waals surface area (Å²) in [5.41, 5.74) is 0.392. The van der Waals surface area contributed by atoms with E-state index in [1.54, 1.807) is 13.0 Å². The van der Waals surface area contributed by atoms with Crippen LogP contribution in [0.3, 0.4) is 0 Å². The third-order valence-corrected chi connectivity index (χ3v) is 2.81. The molecule has 0 fully saturated rings. The Balaban J connectivity index is 2.18. The molecule has 0 saturated heterocycles. The van der Waals surface area contributed by atoms with E-state index in [0.29, 0.717) is 10.9 Å². The molecule has 2 rings (SSSR count). The number of carbonyl (C=O) groups excluding carboxylic acids is 2. The van der Waals surface area contributed by atoms with Gasteiger partial charge in [-0.3, -0.25) is 24.4 Å². The number of rotatable bonds is 6. The van der Waals surface area contributed by atoms with E-state index in [1.807, 2.05) is 0 Å². The molecule has 2 aromatic rings. The van der Waals surface area contributed by atoms with Crippen LogP contribution in [0.5, 0.6) is 0 Å². The van der Waals surface area contributed by atoms with Crippen molar-refractivity contribution in [2.45, 2.75) is 19.9 Å². The summed E-state index contributed by atoms with van der Waals surface area (Å²) in [7, 11) is 0. The molecule has 0 unspecified atom stereocenters. The molecular formula is C13H13N3O5. The zero-order valence-corrected chi connectivity index (χ0v) is 11.3. The van der Waals surface area contributed by atoms with Crippen molar-refractivity contribution < 1.29 is 19.2 Å². The first-order chi connectivity index (χ1) is 10.0. The number of hydrogen-bond acceptors (Lipinski definition) is 6. The molecule has 110 valence electrons. The summed E-state index contributed by atoms with van der Waals surface area (Å²) < 4.78 is 6.03. The number of hydrogen-bond donors (Lipinski definition) is 0. The van der Waals surface area contributed by atoms with Gasteiger partial charge in [0.25, 0.3) is 5.69 Å². The quantitative estimate of drug-likeness (QED) is 0.345. The molecule has 21 heavy (non-hydrogen) atoms. The first-order valence-corrected chi connectivity index (χ1v) is 6.28. The molecule has 0 aliphatic rings. The molecule has 0 saturated carbocycles. The highest BCUT2D eigenvalue weighted by molar-refractivity contribution is 5.96. The Labute approximate surface area is 119 Å². The van der Waals surface area contributed by atoms with E-state index < -0.39 is 10.9 Å². The van der Waals surface area contributed by atoms with Crippen LogP contribution in [0.4, 0.5) is 5.69 Å². The molecule has 1 aromatic heterocycles. The first kappa shape index (κ1) is 14.6. The zero-order valence-electron chi connectivity index (χ0n) is 11.3. The van der Waals surface area contributed by atoms with Gasteiger partial charge in [-0.05, 0) is 13.0 Å². The number of ether oxygens (including phenoxy) is 1. The second kappa shape index (κ2) is 6.12. The largest absolute Gasteiger partial charge is 0.466 e. The van der Waals surface area contributed by atoms with Gasteiger partial charge >= 0.3 is 5.97 Å². The summed E-state index contributed by atoms with van der Waals surface area (Å²) in [4.78, 5) is 33.2. The summed E-state index contributed by atoms with van der Waals surface area (Å²) in [5.74, 6) is -0.963.